The van der Waals surface area contributed by atoms with E-state index in [9.17, 15) is 18.4 Å². The van der Waals surface area contributed by atoms with Crippen molar-refractivity contribution in [2.24, 2.45) is 0 Å². The average Bonchev–Trinajstić information content (AvgIpc) is 2.91. The molecule has 126 valence electrons. The molecule has 1 heterocycles. The van der Waals surface area contributed by atoms with Gasteiger partial charge in [-0.2, -0.15) is 23.5 Å². The molecule has 0 saturated carbocycles. The topological polar surface area (TPSA) is 67.6 Å². The molecule has 2 aromatic carbocycles. The summed E-state index contributed by atoms with van der Waals surface area (Å²) in [6, 6.07) is 13.1. The van der Waals surface area contributed by atoms with E-state index in [0.29, 0.717) is 10.7 Å². The number of nitrogen functional groups attached to an aromatic ring is 1. The van der Waals surface area contributed by atoms with Gasteiger partial charge in [0.25, 0.3) is 0 Å². The van der Waals surface area contributed by atoms with Gasteiger partial charge in [-0.15, -0.1) is 0 Å². The van der Waals surface area contributed by atoms with Gasteiger partial charge in [0.15, 0.2) is 0 Å². The fourth-order valence-electron chi connectivity index (χ4n) is 2.39. The number of hydrogen-bond donors (Lipinski definition) is 1. The SMILES string of the molecule is N#Cc1c(-c2cccc(C(F)(F)F)c2)nn(-c2ccccc2Cl)c1N. The number of nitrogens with zero attached hydrogens (tertiary/aromatic N) is 3. The van der Waals surface area contributed by atoms with Gasteiger partial charge in [-0.05, 0) is 24.3 Å². The number of alkyl halides is 3. The maximum absolute atomic E-state index is 12.9. The van der Waals surface area contributed by atoms with Gasteiger partial charge in [0, 0.05) is 5.56 Å². The molecule has 3 rings (SSSR count). The minimum atomic E-state index is -4.50. The van der Waals surface area contributed by atoms with Crippen LogP contribution in [0, 0.1) is 11.3 Å². The first kappa shape index (κ1) is 16.9. The van der Waals surface area contributed by atoms with Crippen molar-refractivity contribution >= 4 is 17.4 Å². The Labute approximate surface area is 145 Å². The lowest BCUT2D eigenvalue weighted by atomic mass is 10.0. The van der Waals surface area contributed by atoms with Crippen molar-refractivity contribution in [3.63, 3.8) is 0 Å². The molecule has 0 aliphatic rings. The molecule has 0 saturated heterocycles. The van der Waals surface area contributed by atoms with E-state index in [1.54, 1.807) is 24.3 Å². The zero-order valence-corrected chi connectivity index (χ0v) is 13.3. The Morgan fingerprint density at radius 3 is 2.48 bits per heavy atom. The maximum Gasteiger partial charge on any atom is 0.416 e. The van der Waals surface area contributed by atoms with Crippen molar-refractivity contribution in [2.75, 3.05) is 5.73 Å². The van der Waals surface area contributed by atoms with E-state index >= 15 is 0 Å². The summed E-state index contributed by atoms with van der Waals surface area (Å²) in [5.74, 6) is 0.00279. The van der Waals surface area contributed by atoms with Gasteiger partial charge in [0.1, 0.15) is 23.1 Å². The molecule has 0 fully saturated rings. The van der Waals surface area contributed by atoms with Crippen molar-refractivity contribution in [3.8, 4) is 23.0 Å². The normalized spacial score (nSPS) is 11.3. The third-order valence-corrected chi connectivity index (χ3v) is 3.90. The summed E-state index contributed by atoms with van der Waals surface area (Å²) < 4.78 is 40.1. The highest BCUT2D eigenvalue weighted by Crippen LogP contribution is 2.35. The van der Waals surface area contributed by atoms with E-state index in [2.05, 4.69) is 5.10 Å². The van der Waals surface area contributed by atoms with Crippen molar-refractivity contribution in [1.29, 1.82) is 5.26 Å². The van der Waals surface area contributed by atoms with Gasteiger partial charge in [0.2, 0.25) is 0 Å². The number of para-hydroxylation sites is 1. The molecule has 0 radical (unpaired) electrons. The smallest absolute Gasteiger partial charge is 0.382 e. The highest BCUT2D eigenvalue weighted by atomic mass is 35.5. The van der Waals surface area contributed by atoms with Crippen LogP contribution in [0.25, 0.3) is 16.9 Å². The van der Waals surface area contributed by atoms with Crippen LogP contribution < -0.4 is 5.73 Å². The molecule has 0 amide bonds. The molecular weight excluding hydrogens is 353 g/mol. The largest absolute Gasteiger partial charge is 0.416 e. The van der Waals surface area contributed by atoms with Crippen LogP contribution in [0.3, 0.4) is 0 Å². The van der Waals surface area contributed by atoms with E-state index < -0.39 is 11.7 Å². The van der Waals surface area contributed by atoms with Crippen LogP contribution in [0.5, 0.6) is 0 Å². The fourth-order valence-corrected chi connectivity index (χ4v) is 2.61. The molecule has 25 heavy (non-hydrogen) atoms. The van der Waals surface area contributed by atoms with Crippen molar-refractivity contribution in [2.45, 2.75) is 6.18 Å². The van der Waals surface area contributed by atoms with Gasteiger partial charge in [0.05, 0.1) is 16.3 Å². The summed E-state index contributed by atoms with van der Waals surface area (Å²) in [5, 5.41) is 13.9. The molecule has 3 aromatic rings. The second-order valence-corrected chi connectivity index (χ2v) is 5.57. The van der Waals surface area contributed by atoms with E-state index in [4.69, 9.17) is 17.3 Å². The highest BCUT2D eigenvalue weighted by molar-refractivity contribution is 6.32. The molecule has 0 aliphatic carbocycles. The van der Waals surface area contributed by atoms with Crippen molar-refractivity contribution in [3.05, 3.63) is 64.7 Å². The first-order chi connectivity index (χ1) is 11.8. The summed E-state index contributed by atoms with van der Waals surface area (Å²) in [7, 11) is 0. The summed E-state index contributed by atoms with van der Waals surface area (Å²) >= 11 is 6.12. The number of nitriles is 1. The average molecular weight is 363 g/mol. The Hall–Kier alpha value is -2.98. The number of halogens is 4. The van der Waals surface area contributed by atoms with Crippen LogP contribution in [0.4, 0.5) is 19.0 Å². The molecule has 0 unspecified atom stereocenters. The predicted molar refractivity (Wildman–Crippen MR) is 88.1 cm³/mol. The van der Waals surface area contributed by atoms with Crippen LogP contribution >= 0.6 is 11.6 Å². The van der Waals surface area contributed by atoms with Gasteiger partial charge in [-0.1, -0.05) is 35.9 Å². The Kier molecular flexibility index (Phi) is 4.15. The van der Waals surface area contributed by atoms with E-state index in [1.165, 1.54) is 16.8 Å². The van der Waals surface area contributed by atoms with Crippen LogP contribution in [-0.4, -0.2) is 9.78 Å². The van der Waals surface area contributed by atoms with Crippen LogP contribution in [0.15, 0.2) is 48.5 Å². The van der Waals surface area contributed by atoms with Gasteiger partial charge in [-0.3, -0.25) is 0 Å². The lowest BCUT2D eigenvalue weighted by Gasteiger charge is -2.07. The van der Waals surface area contributed by atoms with Crippen LogP contribution in [-0.2, 0) is 6.18 Å². The Bertz CT molecular complexity index is 986. The minimum absolute atomic E-state index is 0.00279. The molecule has 0 spiro atoms. The quantitative estimate of drug-likeness (QED) is 0.720. The number of aromatic nitrogens is 2. The first-order valence-electron chi connectivity index (χ1n) is 7.04. The summed E-state index contributed by atoms with van der Waals surface area (Å²) in [4.78, 5) is 0. The van der Waals surface area contributed by atoms with Gasteiger partial charge < -0.3 is 5.73 Å². The predicted octanol–water partition coefficient (Wildman–Crippen LogP) is 4.67. The first-order valence-corrected chi connectivity index (χ1v) is 7.42. The van der Waals surface area contributed by atoms with Crippen LogP contribution in [0.2, 0.25) is 5.02 Å². The number of hydrogen-bond acceptors (Lipinski definition) is 3. The number of rotatable bonds is 2. The zero-order valence-electron chi connectivity index (χ0n) is 12.5. The molecule has 4 nitrogen and oxygen atoms in total. The van der Waals surface area contributed by atoms with Crippen LogP contribution in [0.1, 0.15) is 11.1 Å². The molecule has 0 atom stereocenters. The number of nitrogens with two attached hydrogens (primary N) is 1. The van der Waals surface area contributed by atoms with E-state index in [0.717, 1.165) is 12.1 Å². The Morgan fingerprint density at radius 1 is 1.12 bits per heavy atom. The summed E-state index contributed by atoms with van der Waals surface area (Å²) in [6.45, 7) is 0. The third kappa shape index (κ3) is 3.04. The van der Waals surface area contributed by atoms with Gasteiger partial charge >= 0.3 is 6.18 Å². The molecule has 0 bridgehead atoms. The Balaban J connectivity index is 2.21. The number of anilines is 1. The molecule has 2 N–H and O–H groups in total. The zero-order chi connectivity index (χ0) is 18.2. The second kappa shape index (κ2) is 6.15. The Morgan fingerprint density at radius 2 is 1.84 bits per heavy atom. The molecular formula is C17H10ClF3N4. The molecule has 8 heteroatoms. The highest BCUT2D eigenvalue weighted by Gasteiger charge is 2.31. The standard InChI is InChI=1S/C17H10ClF3N4/c18-13-6-1-2-7-14(13)25-16(23)12(9-22)15(24-25)10-4-3-5-11(8-10)17(19,20)21/h1-8H,23H2. The van der Waals surface area contributed by atoms with E-state index in [1.807, 2.05) is 6.07 Å². The lowest BCUT2D eigenvalue weighted by Crippen LogP contribution is -2.04. The van der Waals surface area contributed by atoms with Crippen molar-refractivity contribution in [1.82, 2.24) is 9.78 Å². The molecule has 0 aliphatic heterocycles. The fraction of sp³-hybridized carbons (Fsp3) is 0.0588. The minimum Gasteiger partial charge on any atom is -0.382 e. The van der Waals surface area contributed by atoms with Gasteiger partial charge in [-0.25, -0.2) is 4.68 Å². The second-order valence-electron chi connectivity index (χ2n) is 5.16. The summed E-state index contributed by atoms with van der Waals surface area (Å²) in [6.07, 6.45) is -4.50. The van der Waals surface area contributed by atoms with Crippen molar-refractivity contribution < 1.29 is 13.2 Å². The maximum atomic E-state index is 12.9. The molecule has 1 aromatic heterocycles. The monoisotopic (exact) mass is 362 g/mol. The van der Waals surface area contributed by atoms with E-state index in [-0.39, 0.29) is 22.6 Å². The number of benzene rings is 2. The third-order valence-electron chi connectivity index (χ3n) is 3.58. The summed E-state index contributed by atoms with van der Waals surface area (Å²) in [5.41, 5.74) is 5.76. The lowest BCUT2D eigenvalue weighted by molar-refractivity contribution is -0.137.